The van der Waals surface area contributed by atoms with Crippen molar-refractivity contribution in [3.63, 3.8) is 0 Å². The Morgan fingerprint density at radius 1 is 0.706 bits per heavy atom. The Bertz CT molecular complexity index is 546. The molecule has 0 aliphatic heterocycles. The van der Waals surface area contributed by atoms with Gasteiger partial charge in [-0.2, -0.15) is 0 Å². The summed E-state index contributed by atoms with van der Waals surface area (Å²) >= 11 is 5.96. The second-order valence-corrected chi connectivity index (χ2v) is 3.89. The SMILES string of the molecule is Clc1cccc2ccccc12.c1ccncc1. The van der Waals surface area contributed by atoms with Crippen LogP contribution in [0.5, 0.6) is 0 Å². The summed E-state index contributed by atoms with van der Waals surface area (Å²) in [6, 6.07) is 19.7. The monoisotopic (exact) mass is 241 g/mol. The predicted molar refractivity (Wildman–Crippen MR) is 73.2 cm³/mol. The van der Waals surface area contributed by atoms with E-state index < -0.39 is 0 Å². The molecule has 0 saturated carbocycles. The lowest BCUT2D eigenvalue weighted by molar-refractivity contribution is 1.33. The molecule has 0 saturated heterocycles. The standard InChI is InChI=1S/C10H7Cl.C5H5N/c11-10-7-3-5-8-4-1-2-6-9(8)10;1-2-4-6-5-3-1/h1-7H;1-5H. The number of hydrogen-bond donors (Lipinski definition) is 0. The molecule has 0 aliphatic rings. The first-order valence-corrected chi connectivity index (χ1v) is 5.74. The second-order valence-electron chi connectivity index (χ2n) is 3.49. The molecule has 3 rings (SSSR count). The van der Waals surface area contributed by atoms with Gasteiger partial charge in [-0.1, -0.05) is 54.1 Å². The van der Waals surface area contributed by atoms with Crippen molar-refractivity contribution in [1.29, 1.82) is 0 Å². The summed E-state index contributed by atoms with van der Waals surface area (Å²) in [7, 11) is 0. The molecule has 0 atom stereocenters. The van der Waals surface area contributed by atoms with Crippen molar-refractivity contribution in [3.05, 3.63) is 78.1 Å². The minimum absolute atomic E-state index is 0.822. The number of halogens is 1. The number of benzene rings is 2. The average molecular weight is 242 g/mol. The normalized spacial score (nSPS) is 9.47. The highest BCUT2D eigenvalue weighted by Gasteiger charge is 1.93. The van der Waals surface area contributed by atoms with Crippen LogP contribution in [0.25, 0.3) is 10.8 Å². The molecule has 84 valence electrons. The highest BCUT2D eigenvalue weighted by molar-refractivity contribution is 6.35. The van der Waals surface area contributed by atoms with Gasteiger partial charge in [-0.05, 0) is 23.6 Å². The fourth-order valence-corrected chi connectivity index (χ4v) is 1.74. The van der Waals surface area contributed by atoms with Crippen molar-refractivity contribution >= 4 is 22.4 Å². The number of nitrogens with zero attached hydrogens (tertiary/aromatic N) is 1. The maximum Gasteiger partial charge on any atom is 0.0484 e. The van der Waals surface area contributed by atoms with Gasteiger partial charge in [-0.3, -0.25) is 4.98 Å². The average Bonchev–Trinajstić information content (AvgIpc) is 2.42. The lowest BCUT2D eigenvalue weighted by Gasteiger charge is -1.97. The van der Waals surface area contributed by atoms with Crippen molar-refractivity contribution in [3.8, 4) is 0 Å². The fourth-order valence-electron chi connectivity index (χ4n) is 1.50. The lowest BCUT2D eigenvalue weighted by atomic mass is 10.1. The number of hydrogen-bond acceptors (Lipinski definition) is 1. The smallest absolute Gasteiger partial charge is 0.0484 e. The topological polar surface area (TPSA) is 12.9 Å². The first kappa shape index (κ1) is 11.6. The van der Waals surface area contributed by atoms with Gasteiger partial charge in [-0.15, -0.1) is 0 Å². The summed E-state index contributed by atoms with van der Waals surface area (Å²) in [6.45, 7) is 0. The first-order valence-electron chi connectivity index (χ1n) is 5.36. The van der Waals surface area contributed by atoms with Crippen LogP contribution in [0.2, 0.25) is 5.02 Å². The van der Waals surface area contributed by atoms with Gasteiger partial charge in [0.15, 0.2) is 0 Å². The molecule has 0 bridgehead atoms. The zero-order valence-electron chi connectivity index (χ0n) is 9.25. The largest absolute Gasteiger partial charge is 0.265 e. The molecule has 2 heteroatoms. The second kappa shape index (κ2) is 6.02. The number of fused-ring (bicyclic) bond motifs is 1. The van der Waals surface area contributed by atoms with Gasteiger partial charge in [0.05, 0.1) is 0 Å². The maximum atomic E-state index is 5.96. The van der Waals surface area contributed by atoms with E-state index >= 15 is 0 Å². The summed E-state index contributed by atoms with van der Waals surface area (Å²) in [4.78, 5) is 3.78. The van der Waals surface area contributed by atoms with Crippen molar-refractivity contribution < 1.29 is 0 Å². The van der Waals surface area contributed by atoms with E-state index in [0.717, 1.165) is 10.4 Å². The van der Waals surface area contributed by atoms with Gasteiger partial charge in [0.25, 0.3) is 0 Å². The van der Waals surface area contributed by atoms with Crippen molar-refractivity contribution in [2.75, 3.05) is 0 Å². The van der Waals surface area contributed by atoms with Crippen LogP contribution in [0.15, 0.2) is 73.1 Å². The van der Waals surface area contributed by atoms with Crippen molar-refractivity contribution in [2.45, 2.75) is 0 Å². The zero-order chi connectivity index (χ0) is 11.9. The zero-order valence-corrected chi connectivity index (χ0v) is 10.0. The predicted octanol–water partition coefficient (Wildman–Crippen LogP) is 4.57. The molecule has 1 heterocycles. The number of rotatable bonds is 0. The molecule has 3 aromatic rings. The quantitative estimate of drug-likeness (QED) is 0.562. The molecule has 0 N–H and O–H groups in total. The molecule has 0 radical (unpaired) electrons. The molecular weight excluding hydrogens is 230 g/mol. The summed E-state index contributed by atoms with van der Waals surface area (Å²) in [5, 5.41) is 3.14. The van der Waals surface area contributed by atoms with Gasteiger partial charge in [-0.25, -0.2) is 0 Å². The molecule has 0 aliphatic carbocycles. The van der Waals surface area contributed by atoms with Gasteiger partial charge in [0.1, 0.15) is 0 Å². The third-order valence-electron chi connectivity index (χ3n) is 2.30. The van der Waals surface area contributed by atoms with Gasteiger partial charge >= 0.3 is 0 Å². The first-order chi connectivity index (χ1) is 8.38. The van der Waals surface area contributed by atoms with Crippen LogP contribution in [0.1, 0.15) is 0 Å². The van der Waals surface area contributed by atoms with E-state index in [1.165, 1.54) is 5.39 Å². The fraction of sp³-hybridized carbons (Fsp3) is 0. The summed E-state index contributed by atoms with van der Waals surface area (Å²) in [5.41, 5.74) is 0. The van der Waals surface area contributed by atoms with Crippen LogP contribution in [0.4, 0.5) is 0 Å². The highest BCUT2D eigenvalue weighted by Crippen LogP contribution is 2.21. The molecule has 0 amide bonds. The summed E-state index contributed by atoms with van der Waals surface area (Å²) in [5.74, 6) is 0. The molecule has 0 fully saturated rings. The van der Waals surface area contributed by atoms with Crippen LogP contribution < -0.4 is 0 Å². The highest BCUT2D eigenvalue weighted by atomic mass is 35.5. The summed E-state index contributed by atoms with van der Waals surface area (Å²) in [6.07, 6.45) is 3.50. The maximum absolute atomic E-state index is 5.96. The number of aromatic nitrogens is 1. The van der Waals surface area contributed by atoms with E-state index in [9.17, 15) is 0 Å². The van der Waals surface area contributed by atoms with E-state index in [-0.39, 0.29) is 0 Å². The Balaban J connectivity index is 0.000000153. The molecule has 2 aromatic carbocycles. The van der Waals surface area contributed by atoms with E-state index in [2.05, 4.69) is 17.1 Å². The Morgan fingerprint density at radius 2 is 1.41 bits per heavy atom. The van der Waals surface area contributed by atoms with Gasteiger partial charge in [0.2, 0.25) is 0 Å². The van der Waals surface area contributed by atoms with E-state index in [1.54, 1.807) is 12.4 Å². The van der Waals surface area contributed by atoms with Crippen molar-refractivity contribution in [2.24, 2.45) is 0 Å². The van der Waals surface area contributed by atoms with Crippen LogP contribution >= 0.6 is 11.6 Å². The molecule has 0 spiro atoms. The molecule has 1 nitrogen and oxygen atoms in total. The van der Waals surface area contributed by atoms with Gasteiger partial charge in [0, 0.05) is 22.8 Å². The lowest BCUT2D eigenvalue weighted by Crippen LogP contribution is -1.70. The van der Waals surface area contributed by atoms with Gasteiger partial charge < -0.3 is 0 Å². The third kappa shape index (κ3) is 3.30. The third-order valence-corrected chi connectivity index (χ3v) is 2.63. The number of pyridine rings is 1. The van der Waals surface area contributed by atoms with E-state index in [0.29, 0.717) is 0 Å². The molecule has 1 aromatic heterocycles. The van der Waals surface area contributed by atoms with Crippen LogP contribution in [-0.2, 0) is 0 Å². The summed E-state index contributed by atoms with van der Waals surface area (Å²) < 4.78 is 0. The van der Waals surface area contributed by atoms with Crippen LogP contribution in [-0.4, -0.2) is 4.98 Å². The van der Waals surface area contributed by atoms with Crippen LogP contribution in [0.3, 0.4) is 0 Å². The minimum atomic E-state index is 0.822. The van der Waals surface area contributed by atoms with Crippen LogP contribution in [0, 0.1) is 0 Å². The minimum Gasteiger partial charge on any atom is -0.265 e. The van der Waals surface area contributed by atoms with Crippen molar-refractivity contribution in [1.82, 2.24) is 4.98 Å². The van der Waals surface area contributed by atoms with E-state index in [4.69, 9.17) is 11.6 Å². The Hall–Kier alpha value is -1.86. The Labute approximate surface area is 106 Å². The molecular formula is C15H12ClN. The Kier molecular flexibility index (Phi) is 4.11. The van der Waals surface area contributed by atoms with E-state index in [1.807, 2.05) is 48.5 Å². The Morgan fingerprint density at radius 3 is 2.00 bits per heavy atom. The molecule has 0 unspecified atom stereocenters. The molecule has 17 heavy (non-hydrogen) atoms.